The maximum absolute atomic E-state index is 14.2. The third-order valence-corrected chi connectivity index (χ3v) is 8.89. The largest absolute Gasteiger partial charge is 0.459 e. The molecule has 47 heavy (non-hydrogen) atoms. The number of benzene rings is 1. The van der Waals surface area contributed by atoms with Crippen molar-refractivity contribution in [3.05, 3.63) is 35.6 Å². The van der Waals surface area contributed by atoms with Crippen LogP contribution in [0.25, 0.3) is 0 Å². The van der Waals surface area contributed by atoms with Crippen molar-refractivity contribution in [2.75, 3.05) is 6.54 Å². The van der Waals surface area contributed by atoms with E-state index in [1.807, 2.05) is 13.8 Å². The van der Waals surface area contributed by atoms with Crippen LogP contribution < -0.4 is 21.7 Å². The molecule has 3 rings (SSSR count). The molecule has 1 aliphatic heterocycles. The number of urea groups is 1. The van der Waals surface area contributed by atoms with E-state index < -0.39 is 70.9 Å². The van der Waals surface area contributed by atoms with Gasteiger partial charge in [-0.05, 0) is 59.6 Å². The van der Waals surface area contributed by atoms with E-state index in [4.69, 9.17) is 10.5 Å². The maximum atomic E-state index is 14.2. The van der Waals surface area contributed by atoms with Crippen LogP contribution in [0, 0.1) is 34.9 Å². The van der Waals surface area contributed by atoms with Crippen molar-refractivity contribution < 1.29 is 37.9 Å². The van der Waals surface area contributed by atoms with Crippen LogP contribution in [0.3, 0.4) is 0 Å². The molecular weight excluding hydrogens is 609 g/mol. The van der Waals surface area contributed by atoms with E-state index >= 15 is 0 Å². The number of amides is 5. The first-order valence-electron chi connectivity index (χ1n) is 16.3. The summed E-state index contributed by atoms with van der Waals surface area (Å²) in [6.45, 7) is 12.9. The molecule has 12 nitrogen and oxygen atoms in total. The highest BCUT2D eigenvalue weighted by molar-refractivity contribution is 6.37. The van der Waals surface area contributed by atoms with Gasteiger partial charge in [0, 0.05) is 6.54 Å². The van der Waals surface area contributed by atoms with Gasteiger partial charge in [0.25, 0.3) is 5.91 Å². The van der Waals surface area contributed by atoms with Gasteiger partial charge in [0.15, 0.2) is 0 Å². The van der Waals surface area contributed by atoms with Crippen LogP contribution in [0.5, 0.6) is 0 Å². The van der Waals surface area contributed by atoms with E-state index in [1.165, 1.54) is 29.2 Å². The lowest BCUT2D eigenvalue weighted by Crippen LogP contribution is -2.61. The van der Waals surface area contributed by atoms with Gasteiger partial charge >= 0.3 is 12.0 Å². The topological polar surface area (TPSA) is 177 Å². The molecular formula is C34H50FN5O7. The fourth-order valence-electron chi connectivity index (χ4n) is 5.65. The van der Waals surface area contributed by atoms with Gasteiger partial charge in [0.1, 0.15) is 30.5 Å². The number of esters is 1. The van der Waals surface area contributed by atoms with E-state index in [1.54, 1.807) is 34.6 Å². The van der Waals surface area contributed by atoms with Crippen LogP contribution in [0.2, 0.25) is 0 Å². The highest BCUT2D eigenvalue weighted by atomic mass is 19.1. The molecule has 1 aromatic rings. The normalized spacial score (nSPS) is 19.9. The molecule has 1 aliphatic carbocycles. The predicted octanol–water partition coefficient (Wildman–Crippen LogP) is 2.82. The number of rotatable bonds is 14. The summed E-state index contributed by atoms with van der Waals surface area (Å²) in [4.78, 5) is 79.8. The van der Waals surface area contributed by atoms with Crippen molar-refractivity contribution in [2.45, 2.75) is 105 Å². The summed E-state index contributed by atoms with van der Waals surface area (Å²) in [5.41, 5.74) is 5.03. The highest BCUT2D eigenvalue weighted by Gasteiger charge is 2.46. The molecule has 260 valence electrons. The second-order valence-electron chi connectivity index (χ2n) is 14.6. The number of carbonyl (C=O) groups excluding carboxylic acids is 6. The molecule has 0 aromatic heterocycles. The van der Waals surface area contributed by atoms with E-state index in [0.29, 0.717) is 18.4 Å². The number of carbonyl (C=O) groups is 6. The molecule has 0 spiro atoms. The van der Waals surface area contributed by atoms with E-state index in [2.05, 4.69) is 16.0 Å². The monoisotopic (exact) mass is 659 g/mol. The number of Topliss-reactive ketones (excluding diaryl/α,β-unsaturated/α-hetero) is 1. The molecule has 0 bridgehead atoms. The first-order valence-corrected chi connectivity index (χ1v) is 16.3. The second kappa shape index (κ2) is 15.7. The number of likely N-dealkylation sites (tertiary alicyclic amines) is 1. The van der Waals surface area contributed by atoms with Crippen LogP contribution in [-0.2, 0) is 35.3 Å². The van der Waals surface area contributed by atoms with Gasteiger partial charge in [-0.25, -0.2) is 14.0 Å². The van der Waals surface area contributed by atoms with Gasteiger partial charge in [-0.15, -0.1) is 0 Å². The van der Waals surface area contributed by atoms with Crippen molar-refractivity contribution in [3.63, 3.8) is 0 Å². The van der Waals surface area contributed by atoms with Gasteiger partial charge < -0.3 is 31.3 Å². The summed E-state index contributed by atoms with van der Waals surface area (Å²) < 4.78 is 18.6. The zero-order valence-electron chi connectivity index (χ0n) is 28.4. The number of nitrogens with zero attached hydrogens (tertiary/aromatic N) is 1. The molecule has 0 radical (unpaired) electrons. The van der Waals surface area contributed by atoms with Gasteiger partial charge in [-0.1, -0.05) is 73.4 Å². The molecule has 5 amide bonds. The van der Waals surface area contributed by atoms with Crippen molar-refractivity contribution in [2.24, 2.45) is 34.8 Å². The molecule has 1 heterocycles. The zero-order chi connectivity index (χ0) is 35.2. The predicted molar refractivity (Wildman–Crippen MR) is 172 cm³/mol. The number of hydrogen-bond donors (Lipinski definition) is 4. The van der Waals surface area contributed by atoms with Gasteiger partial charge in [0.2, 0.25) is 17.6 Å². The number of primary amides is 1. The van der Waals surface area contributed by atoms with Crippen LogP contribution in [-0.4, -0.2) is 71.1 Å². The Morgan fingerprint density at radius 1 is 0.979 bits per heavy atom. The molecule has 1 aromatic carbocycles. The number of ketones is 1. The minimum atomic E-state index is -1.13. The number of nitrogens with one attached hydrogen (secondary N) is 3. The Balaban J connectivity index is 1.76. The Bertz CT molecular complexity index is 1320. The Kier molecular flexibility index (Phi) is 12.5. The Labute approximate surface area is 276 Å². The molecule has 1 saturated carbocycles. The summed E-state index contributed by atoms with van der Waals surface area (Å²) in [5, 5.41) is 8.05. The molecule has 1 saturated heterocycles. The smallest absolute Gasteiger partial charge is 0.329 e. The summed E-state index contributed by atoms with van der Waals surface area (Å²) in [6.07, 6.45) is 2.44. The fourth-order valence-corrected chi connectivity index (χ4v) is 5.65. The van der Waals surface area contributed by atoms with Crippen LogP contribution in [0.4, 0.5) is 9.18 Å². The molecule has 2 fully saturated rings. The molecule has 5 N–H and O–H groups in total. The second-order valence-corrected chi connectivity index (χ2v) is 14.6. The quantitative estimate of drug-likeness (QED) is 0.175. The van der Waals surface area contributed by atoms with Gasteiger partial charge in [-0.3, -0.25) is 19.2 Å². The van der Waals surface area contributed by atoms with Crippen molar-refractivity contribution >= 4 is 35.5 Å². The first kappa shape index (κ1) is 37.4. The first-order chi connectivity index (χ1) is 21.9. The minimum Gasteiger partial charge on any atom is -0.459 e. The lowest BCUT2D eigenvalue weighted by Gasteiger charge is -2.36. The fraction of sp³-hybridized carbons (Fsp3) is 0.647. The third kappa shape index (κ3) is 10.5. The number of halogens is 1. The summed E-state index contributed by atoms with van der Waals surface area (Å²) in [6, 6.07) is 0.573. The average Bonchev–Trinajstić information content (AvgIpc) is 3.69. The van der Waals surface area contributed by atoms with Crippen molar-refractivity contribution in [1.82, 2.24) is 20.9 Å². The van der Waals surface area contributed by atoms with Crippen molar-refractivity contribution in [3.8, 4) is 0 Å². The highest BCUT2D eigenvalue weighted by Crippen LogP contribution is 2.35. The molecule has 2 aliphatic rings. The molecule has 13 heteroatoms. The maximum Gasteiger partial charge on any atom is 0.329 e. The molecule has 5 atom stereocenters. The van der Waals surface area contributed by atoms with Gasteiger partial charge in [0.05, 0.1) is 6.04 Å². The van der Waals surface area contributed by atoms with Crippen LogP contribution >= 0.6 is 0 Å². The molecule has 1 unspecified atom stereocenters. The third-order valence-electron chi connectivity index (χ3n) is 8.89. The van der Waals surface area contributed by atoms with E-state index in [-0.39, 0.29) is 36.8 Å². The summed E-state index contributed by atoms with van der Waals surface area (Å²) in [7, 11) is 0. The van der Waals surface area contributed by atoms with E-state index in [9.17, 15) is 33.2 Å². The van der Waals surface area contributed by atoms with Crippen molar-refractivity contribution in [1.29, 1.82) is 0 Å². The summed E-state index contributed by atoms with van der Waals surface area (Å²) >= 11 is 0. The number of hydrogen-bond acceptors (Lipinski definition) is 7. The summed E-state index contributed by atoms with van der Waals surface area (Å²) in [5.74, 6) is -4.20. The number of ether oxygens (including phenoxy) is 1. The standard InChI is InChI=1S/C34H50FN5O7/c1-18(2)22-15-25(30(43)37-24(14-20-8-9-20)27(41)29(36)42)40(16-22)31(44)28(34(5,6)7)39-33(46)38-26(19(3)4)32(45)47-17-21-10-12-23(35)13-11-21/h10-13,18-20,22,24-26,28H,8-9,14-17H2,1-7H3,(H2,36,42)(H,37,43)(H2,38,39,46)/t22-,24?,25+,26+,28-/m1/s1. The Morgan fingerprint density at radius 3 is 2.11 bits per heavy atom. The number of nitrogens with two attached hydrogens (primary N) is 1. The SMILES string of the molecule is CC(C)[C@@H]1C[C@@H](C(=O)NC(CC2CC2)C(=O)C(N)=O)N(C(=O)[C@@H](NC(=O)N[C@H](C(=O)OCc2ccc(F)cc2)C(C)C)C(C)(C)C)C1. The Hall–Kier alpha value is -4.03. The average molecular weight is 660 g/mol. The lowest BCUT2D eigenvalue weighted by molar-refractivity contribution is -0.148. The van der Waals surface area contributed by atoms with Crippen LogP contribution in [0.1, 0.15) is 79.7 Å². The van der Waals surface area contributed by atoms with Crippen LogP contribution in [0.15, 0.2) is 24.3 Å². The Morgan fingerprint density at radius 2 is 1.60 bits per heavy atom. The van der Waals surface area contributed by atoms with Gasteiger partial charge in [-0.2, -0.15) is 0 Å². The zero-order valence-corrected chi connectivity index (χ0v) is 28.4. The lowest BCUT2D eigenvalue weighted by atomic mass is 9.85. The van der Waals surface area contributed by atoms with E-state index in [0.717, 1.165) is 12.8 Å². The minimum absolute atomic E-state index is 0.0286.